The maximum atomic E-state index is 11.1. The molecule has 0 spiro atoms. The van der Waals surface area contributed by atoms with E-state index < -0.39 is 0 Å². The minimum absolute atomic E-state index is 0.0813. The zero-order chi connectivity index (χ0) is 12.0. The van der Waals surface area contributed by atoms with Gasteiger partial charge in [-0.3, -0.25) is 4.79 Å². The molecule has 3 heteroatoms. The molecule has 0 saturated heterocycles. The van der Waals surface area contributed by atoms with Crippen LogP contribution in [0.1, 0.15) is 45.4 Å². The minimum Gasteiger partial charge on any atom is -0.369 e. The normalized spacial score (nSPS) is 27.3. The van der Waals surface area contributed by atoms with E-state index in [4.69, 9.17) is 5.73 Å². The number of amides is 1. The van der Waals surface area contributed by atoms with E-state index in [1.54, 1.807) is 0 Å². The smallest absolute Gasteiger partial charge is 0.220 e. The Bertz CT molecular complexity index is 240. The van der Waals surface area contributed by atoms with Crippen molar-refractivity contribution in [1.82, 2.24) is 5.32 Å². The summed E-state index contributed by atoms with van der Waals surface area (Å²) in [5.74, 6) is -0.0527. The first-order valence-electron chi connectivity index (χ1n) is 6.29. The minimum atomic E-state index is -0.134. The number of carbonyl (C=O) groups excluding carboxylic acids is 1. The number of allylic oxidation sites excluding steroid dienone is 1. The van der Waals surface area contributed by atoms with Crippen LogP contribution >= 0.6 is 0 Å². The van der Waals surface area contributed by atoms with Gasteiger partial charge in [0.05, 0.1) is 0 Å². The first kappa shape index (κ1) is 13.2. The van der Waals surface area contributed by atoms with Gasteiger partial charge >= 0.3 is 0 Å². The number of rotatable bonds is 6. The van der Waals surface area contributed by atoms with Crippen molar-refractivity contribution in [1.29, 1.82) is 0 Å². The predicted octanol–water partition coefficient (Wildman–Crippen LogP) is 1.97. The van der Waals surface area contributed by atoms with Gasteiger partial charge in [-0.15, -0.1) is 6.58 Å². The molecule has 16 heavy (non-hydrogen) atoms. The second-order valence-corrected chi connectivity index (χ2v) is 4.90. The van der Waals surface area contributed by atoms with Crippen molar-refractivity contribution in [2.45, 2.75) is 57.5 Å². The molecule has 1 saturated carbocycles. The van der Waals surface area contributed by atoms with Crippen LogP contribution in [-0.4, -0.2) is 18.0 Å². The summed E-state index contributed by atoms with van der Waals surface area (Å²) in [6.07, 6.45) is 8.26. The fourth-order valence-electron chi connectivity index (χ4n) is 2.45. The van der Waals surface area contributed by atoms with E-state index in [0.717, 1.165) is 32.1 Å². The summed E-state index contributed by atoms with van der Waals surface area (Å²) in [6.45, 7) is 5.92. The van der Waals surface area contributed by atoms with Gasteiger partial charge in [-0.05, 0) is 39.0 Å². The fourth-order valence-corrected chi connectivity index (χ4v) is 2.45. The van der Waals surface area contributed by atoms with E-state index in [0.29, 0.717) is 12.1 Å². The fraction of sp³-hybridized carbons (Fsp3) is 0.769. The van der Waals surface area contributed by atoms with E-state index in [1.165, 1.54) is 6.42 Å². The number of carbonyl (C=O) groups is 1. The summed E-state index contributed by atoms with van der Waals surface area (Å²) < 4.78 is 0. The van der Waals surface area contributed by atoms with Crippen LogP contribution in [0.3, 0.4) is 0 Å². The largest absolute Gasteiger partial charge is 0.369 e. The molecule has 0 bridgehead atoms. The van der Waals surface area contributed by atoms with E-state index in [9.17, 15) is 4.79 Å². The molecule has 0 heterocycles. The van der Waals surface area contributed by atoms with Gasteiger partial charge < -0.3 is 11.1 Å². The first-order chi connectivity index (χ1) is 7.63. The number of hydrogen-bond donors (Lipinski definition) is 2. The Labute approximate surface area is 98.5 Å². The molecule has 0 aromatic rings. The van der Waals surface area contributed by atoms with Crippen molar-refractivity contribution in [2.75, 3.05) is 0 Å². The highest BCUT2D eigenvalue weighted by molar-refractivity contribution is 5.76. The zero-order valence-electron chi connectivity index (χ0n) is 10.2. The highest BCUT2D eigenvalue weighted by Gasteiger charge is 2.25. The van der Waals surface area contributed by atoms with Gasteiger partial charge in [0.25, 0.3) is 0 Å². The van der Waals surface area contributed by atoms with Gasteiger partial charge in [-0.1, -0.05) is 12.5 Å². The Morgan fingerprint density at radius 3 is 3.00 bits per heavy atom. The van der Waals surface area contributed by atoms with E-state index in [2.05, 4.69) is 18.8 Å². The second kappa shape index (κ2) is 6.69. The predicted molar refractivity (Wildman–Crippen MR) is 67.0 cm³/mol. The summed E-state index contributed by atoms with van der Waals surface area (Å²) in [5, 5.41) is 3.58. The lowest BCUT2D eigenvalue weighted by atomic mass is 9.85. The summed E-state index contributed by atoms with van der Waals surface area (Å²) in [5.41, 5.74) is 5.36. The topological polar surface area (TPSA) is 55.1 Å². The molecule has 3 N–H and O–H groups in total. The molecule has 3 nitrogen and oxygen atoms in total. The lowest BCUT2D eigenvalue weighted by molar-refractivity contribution is -0.122. The Kier molecular flexibility index (Phi) is 5.53. The molecule has 3 atom stereocenters. The van der Waals surface area contributed by atoms with Crippen molar-refractivity contribution in [3.8, 4) is 0 Å². The third-order valence-electron chi connectivity index (χ3n) is 3.40. The highest BCUT2D eigenvalue weighted by atomic mass is 16.1. The van der Waals surface area contributed by atoms with Crippen LogP contribution in [0.5, 0.6) is 0 Å². The van der Waals surface area contributed by atoms with Crippen LogP contribution in [-0.2, 0) is 4.79 Å². The van der Waals surface area contributed by atoms with Crippen LogP contribution in [0.25, 0.3) is 0 Å². The summed E-state index contributed by atoms with van der Waals surface area (Å²) >= 11 is 0. The average molecular weight is 224 g/mol. The number of hydrogen-bond acceptors (Lipinski definition) is 2. The van der Waals surface area contributed by atoms with E-state index >= 15 is 0 Å². The van der Waals surface area contributed by atoms with Crippen molar-refractivity contribution >= 4 is 5.91 Å². The zero-order valence-corrected chi connectivity index (χ0v) is 10.2. The molecular formula is C13H24N2O. The van der Waals surface area contributed by atoms with E-state index in [-0.39, 0.29) is 11.8 Å². The molecular weight excluding hydrogens is 200 g/mol. The lowest BCUT2D eigenvalue weighted by Crippen LogP contribution is -2.42. The number of primary amides is 1. The molecule has 1 aliphatic rings. The van der Waals surface area contributed by atoms with Crippen molar-refractivity contribution in [3.05, 3.63) is 12.7 Å². The average Bonchev–Trinajstić information content (AvgIpc) is 2.26. The Morgan fingerprint density at radius 2 is 2.38 bits per heavy atom. The summed E-state index contributed by atoms with van der Waals surface area (Å²) in [6, 6.07) is 0.959. The molecule has 0 aromatic heterocycles. The molecule has 1 aliphatic carbocycles. The highest BCUT2D eigenvalue weighted by Crippen LogP contribution is 2.24. The Hall–Kier alpha value is -0.830. The van der Waals surface area contributed by atoms with Crippen LogP contribution in [0.4, 0.5) is 0 Å². The second-order valence-electron chi connectivity index (χ2n) is 4.90. The van der Waals surface area contributed by atoms with Crippen molar-refractivity contribution in [3.63, 3.8) is 0 Å². The van der Waals surface area contributed by atoms with Gasteiger partial charge in [-0.2, -0.15) is 0 Å². The van der Waals surface area contributed by atoms with Gasteiger partial charge in [0.2, 0.25) is 5.91 Å². The number of nitrogens with one attached hydrogen (secondary N) is 1. The monoisotopic (exact) mass is 224 g/mol. The van der Waals surface area contributed by atoms with Crippen LogP contribution in [0.2, 0.25) is 0 Å². The standard InChI is InChI=1S/C13H24N2O/c1-3-4-6-10(2)15-12-8-5-7-11(9-12)13(14)16/h3,10-12,15H,1,4-9H2,2H3,(H2,14,16). The van der Waals surface area contributed by atoms with Gasteiger partial charge in [0, 0.05) is 18.0 Å². The maximum Gasteiger partial charge on any atom is 0.220 e. The first-order valence-corrected chi connectivity index (χ1v) is 6.29. The third kappa shape index (κ3) is 4.35. The SMILES string of the molecule is C=CCCC(C)NC1CCCC(C(N)=O)C1. The van der Waals surface area contributed by atoms with Gasteiger partial charge in [0.1, 0.15) is 0 Å². The van der Waals surface area contributed by atoms with E-state index in [1.807, 2.05) is 6.08 Å². The molecule has 0 aromatic carbocycles. The lowest BCUT2D eigenvalue weighted by Gasteiger charge is -2.30. The molecule has 0 radical (unpaired) electrons. The van der Waals surface area contributed by atoms with Crippen molar-refractivity contribution in [2.24, 2.45) is 11.7 Å². The summed E-state index contributed by atoms with van der Waals surface area (Å²) in [4.78, 5) is 11.1. The van der Waals surface area contributed by atoms with Crippen LogP contribution in [0, 0.1) is 5.92 Å². The molecule has 1 amide bonds. The number of nitrogens with two attached hydrogens (primary N) is 1. The van der Waals surface area contributed by atoms with Crippen molar-refractivity contribution < 1.29 is 4.79 Å². The van der Waals surface area contributed by atoms with Crippen LogP contribution in [0.15, 0.2) is 12.7 Å². The van der Waals surface area contributed by atoms with Gasteiger partial charge in [0.15, 0.2) is 0 Å². The Balaban J connectivity index is 2.30. The quantitative estimate of drug-likeness (QED) is 0.678. The Morgan fingerprint density at radius 1 is 1.62 bits per heavy atom. The molecule has 1 rings (SSSR count). The van der Waals surface area contributed by atoms with Gasteiger partial charge in [-0.25, -0.2) is 0 Å². The molecule has 92 valence electrons. The third-order valence-corrected chi connectivity index (χ3v) is 3.40. The summed E-state index contributed by atoms with van der Waals surface area (Å²) in [7, 11) is 0. The maximum absolute atomic E-state index is 11.1. The molecule has 1 fully saturated rings. The molecule has 0 aliphatic heterocycles. The van der Waals surface area contributed by atoms with Crippen LogP contribution < -0.4 is 11.1 Å². The molecule has 3 unspecified atom stereocenters.